The van der Waals surface area contributed by atoms with Crippen molar-refractivity contribution in [2.24, 2.45) is 0 Å². The number of hydrogen-bond donors (Lipinski definition) is 1. The second-order valence-corrected chi connectivity index (χ2v) is 5.52. The normalized spacial score (nSPS) is 23.3. The van der Waals surface area contributed by atoms with E-state index in [-0.39, 0.29) is 0 Å². The van der Waals surface area contributed by atoms with Crippen molar-refractivity contribution in [2.45, 2.75) is 44.3 Å². The molecule has 0 atom stereocenters. The highest BCUT2D eigenvalue weighted by molar-refractivity contribution is 5.32. The molecule has 0 amide bonds. The van der Waals surface area contributed by atoms with Gasteiger partial charge in [-0.2, -0.15) is 5.26 Å². The third kappa shape index (κ3) is 3.79. The Morgan fingerprint density at radius 3 is 2.68 bits per heavy atom. The van der Waals surface area contributed by atoms with Crippen LogP contribution in [0.25, 0.3) is 0 Å². The molecule has 0 radical (unpaired) electrons. The van der Waals surface area contributed by atoms with Crippen molar-refractivity contribution in [3.8, 4) is 6.07 Å². The maximum atomic E-state index is 8.93. The number of nitrogens with one attached hydrogen (secondary N) is 1. The summed E-state index contributed by atoms with van der Waals surface area (Å²) in [5, 5.41) is 12.3. The van der Waals surface area contributed by atoms with E-state index < -0.39 is 0 Å². The molecule has 3 heteroatoms. The van der Waals surface area contributed by atoms with Gasteiger partial charge in [-0.15, -0.1) is 0 Å². The van der Waals surface area contributed by atoms with Crippen molar-refractivity contribution in [1.82, 2.24) is 10.2 Å². The van der Waals surface area contributed by atoms with Crippen molar-refractivity contribution in [3.63, 3.8) is 0 Å². The molecule has 0 bridgehead atoms. The second kappa shape index (κ2) is 6.70. The van der Waals surface area contributed by atoms with Gasteiger partial charge < -0.3 is 5.32 Å². The average Bonchev–Trinajstić information content (AvgIpc) is 2.47. The van der Waals surface area contributed by atoms with E-state index in [1.807, 2.05) is 18.2 Å². The summed E-state index contributed by atoms with van der Waals surface area (Å²) >= 11 is 0. The van der Waals surface area contributed by atoms with E-state index >= 15 is 0 Å². The second-order valence-electron chi connectivity index (χ2n) is 5.52. The summed E-state index contributed by atoms with van der Waals surface area (Å²) in [7, 11) is 4.26. The van der Waals surface area contributed by atoms with Gasteiger partial charge in [-0.05, 0) is 57.5 Å². The molecule has 19 heavy (non-hydrogen) atoms. The van der Waals surface area contributed by atoms with Crippen LogP contribution < -0.4 is 5.32 Å². The third-order valence-electron chi connectivity index (χ3n) is 4.22. The van der Waals surface area contributed by atoms with Gasteiger partial charge in [-0.25, -0.2) is 0 Å². The molecule has 1 aromatic rings. The zero-order valence-corrected chi connectivity index (χ0v) is 11.9. The molecule has 0 heterocycles. The minimum absolute atomic E-state index is 0.676. The van der Waals surface area contributed by atoms with Gasteiger partial charge in [0.1, 0.15) is 0 Å². The average molecular weight is 257 g/mol. The quantitative estimate of drug-likeness (QED) is 0.901. The van der Waals surface area contributed by atoms with Gasteiger partial charge in [0.15, 0.2) is 0 Å². The smallest absolute Gasteiger partial charge is 0.0991 e. The van der Waals surface area contributed by atoms with Crippen molar-refractivity contribution in [1.29, 1.82) is 5.26 Å². The summed E-state index contributed by atoms with van der Waals surface area (Å²) in [4.78, 5) is 2.43. The van der Waals surface area contributed by atoms with E-state index in [2.05, 4.69) is 36.4 Å². The maximum absolute atomic E-state index is 8.93. The van der Waals surface area contributed by atoms with Crippen molar-refractivity contribution >= 4 is 0 Å². The van der Waals surface area contributed by atoms with Crippen LogP contribution >= 0.6 is 0 Å². The van der Waals surface area contributed by atoms with Crippen molar-refractivity contribution < 1.29 is 0 Å². The molecule has 1 fully saturated rings. The highest BCUT2D eigenvalue weighted by Gasteiger charge is 2.22. The molecule has 1 N–H and O–H groups in total. The Balaban J connectivity index is 1.90. The SMILES string of the molecule is CNC1CCC(N(C)Cc2cccc(C#N)c2)CC1. The van der Waals surface area contributed by atoms with Crippen LogP contribution in [-0.2, 0) is 6.54 Å². The molecule has 0 aliphatic heterocycles. The highest BCUT2D eigenvalue weighted by atomic mass is 15.1. The van der Waals surface area contributed by atoms with Crippen LogP contribution in [0.1, 0.15) is 36.8 Å². The van der Waals surface area contributed by atoms with Gasteiger partial charge in [0, 0.05) is 18.6 Å². The summed E-state index contributed by atoms with van der Waals surface area (Å²) < 4.78 is 0. The fourth-order valence-electron chi connectivity index (χ4n) is 2.96. The minimum atomic E-state index is 0.676. The van der Waals surface area contributed by atoms with Crippen LogP contribution in [0.5, 0.6) is 0 Å². The predicted octanol–water partition coefficient (Wildman–Crippen LogP) is 2.52. The van der Waals surface area contributed by atoms with Gasteiger partial charge >= 0.3 is 0 Å². The van der Waals surface area contributed by atoms with E-state index in [4.69, 9.17) is 5.26 Å². The Kier molecular flexibility index (Phi) is 4.95. The van der Waals surface area contributed by atoms with Gasteiger partial charge in [0.2, 0.25) is 0 Å². The number of nitrogens with zero attached hydrogens (tertiary/aromatic N) is 2. The molecule has 1 aliphatic rings. The van der Waals surface area contributed by atoms with E-state index in [0.29, 0.717) is 12.1 Å². The summed E-state index contributed by atoms with van der Waals surface area (Å²) in [6.45, 7) is 0.935. The molecule has 102 valence electrons. The minimum Gasteiger partial charge on any atom is -0.317 e. The molecule has 1 aliphatic carbocycles. The lowest BCUT2D eigenvalue weighted by molar-refractivity contribution is 0.170. The molecule has 0 spiro atoms. The summed E-state index contributed by atoms with van der Waals surface area (Å²) in [6.07, 6.45) is 5.06. The predicted molar refractivity (Wildman–Crippen MR) is 77.7 cm³/mol. The Labute approximate surface area is 116 Å². The standard InChI is InChI=1S/C16H23N3/c1-18-15-6-8-16(9-7-15)19(2)12-14-5-3-4-13(10-14)11-17/h3-5,10,15-16,18H,6-9,12H2,1-2H3. The number of rotatable bonds is 4. The van der Waals surface area contributed by atoms with Crippen LogP contribution in [0.15, 0.2) is 24.3 Å². The topological polar surface area (TPSA) is 39.1 Å². The lowest BCUT2D eigenvalue weighted by Crippen LogP contribution is -2.39. The largest absolute Gasteiger partial charge is 0.317 e. The maximum Gasteiger partial charge on any atom is 0.0991 e. The molecule has 1 saturated carbocycles. The van der Waals surface area contributed by atoms with Crippen LogP contribution in [0.2, 0.25) is 0 Å². The first-order valence-corrected chi connectivity index (χ1v) is 7.09. The van der Waals surface area contributed by atoms with Crippen molar-refractivity contribution in [3.05, 3.63) is 35.4 Å². The third-order valence-corrected chi connectivity index (χ3v) is 4.22. The van der Waals surface area contributed by atoms with E-state index in [1.54, 1.807) is 0 Å². The molecule has 0 unspecified atom stereocenters. The Hall–Kier alpha value is -1.37. The lowest BCUT2D eigenvalue weighted by atomic mass is 9.90. The number of nitriles is 1. The van der Waals surface area contributed by atoms with E-state index in [9.17, 15) is 0 Å². The molecule has 2 rings (SSSR count). The molecular weight excluding hydrogens is 234 g/mol. The monoisotopic (exact) mass is 257 g/mol. The molecule has 0 saturated heterocycles. The van der Waals surface area contributed by atoms with Gasteiger partial charge in [0.05, 0.1) is 11.6 Å². The Morgan fingerprint density at radius 1 is 1.32 bits per heavy atom. The lowest BCUT2D eigenvalue weighted by Gasteiger charge is -2.34. The van der Waals surface area contributed by atoms with Crippen LogP contribution in [0.4, 0.5) is 0 Å². The number of hydrogen-bond acceptors (Lipinski definition) is 3. The van der Waals surface area contributed by atoms with E-state index in [0.717, 1.165) is 12.1 Å². The summed E-state index contributed by atoms with van der Waals surface area (Å²) in [6, 6.07) is 11.5. The molecular formula is C16H23N3. The van der Waals surface area contributed by atoms with Gasteiger partial charge in [-0.3, -0.25) is 4.90 Å². The zero-order chi connectivity index (χ0) is 13.7. The first-order valence-electron chi connectivity index (χ1n) is 7.09. The fraction of sp³-hybridized carbons (Fsp3) is 0.562. The highest BCUT2D eigenvalue weighted by Crippen LogP contribution is 2.23. The molecule has 0 aromatic heterocycles. The van der Waals surface area contributed by atoms with Crippen LogP contribution in [0, 0.1) is 11.3 Å². The summed E-state index contributed by atoms with van der Waals surface area (Å²) in [5.41, 5.74) is 1.99. The van der Waals surface area contributed by atoms with Crippen LogP contribution in [0.3, 0.4) is 0 Å². The molecule has 1 aromatic carbocycles. The first kappa shape index (κ1) is 14.0. The zero-order valence-electron chi connectivity index (χ0n) is 11.9. The van der Waals surface area contributed by atoms with Crippen molar-refractivity contribution in [2.75, 3.05) is 14.1 Å². The number of benzene rings is 1. The Morgan fingerprint density at radius 2 is 2.05 bits per heavy atom. The summed E-state index contributed by atoms with van der Waals surface area (Å²) in [5.74, 6) is 0. The van der Waals surface area contributed by atoms with E-state index in [1.165, 1.54) is 31.2 Å². The fourth-order valence-corrected chi connectivity index (χ4v) is 2.96. The Bertz CT molecular complexity index is 442. The van der Waals surface area contributed by atoms with Gasteiger partial charge in [-0.1, -0.05) is 12.1 Å². The first-order chi connectivity index (χ1) is 9.22. The van der Waals surface area contributed by atoms with Gasteiger partial charge in [0.25, 0.3) is 0 Å². The molecule has 3 nitrogen and oxygen atoms in total. The van der Waals surface area contributed by atoms with Crippen LogP contribution in [-0.4, -0.2) is 31.1 Å².